The number of amides is 1. The zero-order valence-corrected chi connectivity index (χ0v) is 15.7. The van der Waals surface area contributed by atoms with E-state index in [4.69, 9.17) is 0 Å². The van der Waals surface area contributed by atoms with Gasteiger partial charge in [-0.3, -0.25) is 9.52 Å². The van der Waals surface area contributed by atoms with Crippen molar-refractivity contribution in [3.8, 4) is 0 Å². The summed E-state index contributed by atoms with van der Waals surface area (Å²) in [7, 11) is -4.28. The van der Waals surface area contributed by atoms with Crippen LogP contribution >= 0.6 is 11.8 Å². The monoisotopic (exact) mass is 416 g/mol. The normalized spacial score (nSPS) is 14.6. The molecule has 0 aromatic heterocycles. The van der Waals surface area contributed by atoms with Crippen LogP contribution in [0, 0.1) is 0 Å². The number of fused-ring (bicyclic) bond motifs is 1. The lowest BCUT2D eigenvalue weighted by molar-refractivity contribution is -0.136. The molecule has 0 saturated heterocycles. The van der Waals surface area contributed by atoms with Gasteiger partial charge in [0, 0.05) is 24.1 Å². The molecule has 0 atom stereocenters. The number of para-hydroxylation sites is 1. The molecular formula is C17H15F3N2O3S2. The molecule has 5 nitrogen and oxygen atoms in total. The molecule has 0 unspecified atom stereocenters. The minimum atomic E-state index is -4.70. The highest BCUT2D eigenvalue weighted by Gasteiger charge is 2.34. The third kappa shape index (κ3) is 4.06. The molecule has 10 heteroatoms. The van der Waals surface area contributed by atoms with Crippen LogP contribution in [0.1, 0.15) is 12.5 Å². The zero-order chi connectivity index (χ0) is 19.8. The van der Waals surface area contributed by atoms with Crippen LogP contribution in [0.3, 0.4) is 0 Å². The smallest absolute Gasteiger partial charge is 0.311 e. The molecule has 1 heterocycles. The number of nitrogens with one attached hydrogen (secondary N) is 1. The Bertz CT molecular complexity index is 991. The van der Waals surface area contributed by atoms with Crippen molar-refractivity contribution in [2.45, 2.75) is 22.9 Å². The summed E-state index contributed by atoms with van der Waals surface area (Å²) < 4.78 is 66.6. The first-order valence-corrected chi connectivity index (χ1v) is 10.3. The Labute approximate surface area is 158 Å². The second-order valence-electron chi connectivity index (χ2n) is 5.80. The lowest BCUT2D eigenvalue weighted by Crippen LogP contribution is -2.33. The standard InChI is InChI=1S/C17H15F3N2O3S2/c1-11(23)22-8-9-26-16-7-6-12(10-15(16)22)27(24,25)21-14-5-3-2-4-13(14)17(18,19)20/h2-7,10,21H,8-9H2,1H3. The highest BCUT2D eigenvalue weighted by molar-refractivity contribution is 7.99. The third-order valence-electron chi connectivity index (χ3n) is 3.96. The molecule has 1 N–H and O–H groups in total. The number of benzene rings is 2. The van der Waals surface area contributed by atoms with Gasteiger partial charge in [0.25, 0.3) is 10.0 Å². The van der Waals surface area contributed by atoms with Gasteiger partial charge in [0.1, 0.15) is 0 Å². The summed E-state index contributed by atoms with van der Waals surface area (Å²) >= 11 is 1.48. The highest BCUT2D eigenvalue weighted by Crippen LogP contribution is 2.38. The average molecular weight is 416 g/mol. The number of halogens is 3. The molecule has 3 rings (SSSR count). The minimum Gasteiger partial charge on any atom is -0.311 e. The van der Waals surface area contributed by atoms with E-state index in [-0.39, 0.29) is 10.8 Å². The van der Waals surface area contributed by atoms with Crippen LogP contribution in [0.25, 0.3) is 0 Å². The van der Waals surface area contributed by atoms with Gasteiger partial charge in [-0.1, -0.05) is 12.1 Å². The second-order valence-corrected chi connectivity index (χ2v) is 8.62. The first-order chi connectivity index (χ1) is 12.6. The zero-order valence-electron chi connectivity index (χ0n) is 14.1. The summed E-state index contributed by atoms with van der Waals surface area (Å²) in [4.78, 5) is 13.8. The van der Waals surface area contributed by atoms with Crippen molar-refractivity contribution in [2.75, 3.05) is 21.9 Å². The molecule has 27 heavy (non-hydrogen) atoms. The van der Waals surface area contributed by atoms with Gasteiger partial charge in [0.2, 0.25) is 5.91 Å². The SMILES string of the molecule is CC(=O)N1CCSc2ccc(S(=O)(=O)Nc3ccccc3C(F)(F)F)cc21. The number of hydrogen-bond donors (Lipinski definition) is 1. The number of hydrogen-bond acceptors (Lipinski definition) is 4. The molecule has 2 aromatic carbocycles. The van der Waals surface area contributed by atoms with Crippen LogP contribution in [-0.2, 0) is 21.0 Å². The fraction of sp³-hybridized carbons (Fsp3) is 0.235. The van der Waals surface area contributed by atoms with Crippen LogP contribution in [0.15, 0.2) is 52.3 Å². The Kier molecular flexibility index (Phi) is 5.13. The molecule has 144 valence electrons. The maximum atomic E-state index is 13.1. The Hall–Kier alpha value is -2.20. The highest BCUT2D eigenvalue weighted by atomic mass is 32.2. The number of alkyl halides is 3. The largest absolute Gasteiger partial charge is 0.418 e. The first kappa shape index (κ1) is 19.6. The van der Waals surface area contributed by atoms with Crippen molar-refractivity contribution >= 4 is 39.1 Å². The molecule has 0 aliphatic carbocycles. The quantitative estimate of drug-likeness (QED) is 0.823. The van der Waals surface area contributed by atoms with Crippen molar-refractivity contribution in [3.05, 3.63) is 48.0 Å². The van der Waals surface area contributed by atoms with E-state index in [0.29, 0.717) is 18.0 Å². The molecule has 2 aromatic rings. The predicted octanol–water partition coefficient (Wildman–Crippen LogP) is 3.96. The fourth-order valence-corrected chi connectivity index (χ4v) is 4.79. The van der Waals surface area contributed by atoms with Gasteiger partial charge in [-0.2, -0.15) is 13.2 Å². The van der Waals surface area contributed by atoms with Crippen LogP contribution in [0.4, 0.5) is 24.5 Å². The summed E-state index contributed by atoms with van der Waals surface area (Å²) in [5, 5.41) is 0. The second kappa shape index (κ2) is 7.08. The van der Waals surface area contributed by atoms with Crippen LogP contribution in [0.2, 0.25) is 0 Å². The van der Waals surface area contributed by atoms with Gasteiger partial charge >= 0.3 is 6.18 Å². The third-order valence-corrected chi connectivity index (χ3v) is 6.37. The summed E-state index contributed by atoms with van der Waals surface area (Å²) in [6.07, 6.45) is -4.70. The van der Waals surface area contributed by atoms with Gasteiger partial charge in [0.15, 0.2) is 0 Å². The number of thioether (sulfide) groups is 1. The number of rotatable bonds is 3. The van der Waals surface area contributed by atoms with E-state index in [0.717, 1.165) is 17.0 Å². The van der Waals surface area contributed by atoms with Gasteiger partial charge in [-0.25, -0.2) is 8.42 Å². The van der Waals surface area contributed by atoms with Crippen LogP contribution < -0.4 is 9.62 Å². The Balaban J connectivity index is 2.00. The van der Waals surface area contributed by atoms with E-state index in [2.05, 4.69) is 0 Å². The van der Waals surface area contributed by atoms with Crippen molar-refractivity contribution in [3.63, 3.8) is 0 Å². The predicted molar refractivity (Wildman–Crippen MR) is 97.4 cm³/mol. The minimum absolute atomic E-state index is 0.216. The van der Waals surface area contributed by atoms with E-state index >= 15 is 0 Å². The maximum absolute atomic E-state index is 13.1. The lowest BCUT2D eigenvalue weighted by atomic mass is 10.2. The number of nitrogens with zero attached hydrogens (tertiary/aromatic N) is 1. The Morgan fingerprint density at radius 2 is 1.89 bits per heavy atom. The Morgan fingerprint density at radius 1 is 1.19 bits per heavy atom. The number of sulfonamides is 1. The molecule has 0 radical (unpaired) electrons. The fourth-order valence-electron chi connectivity index (χ4n) is 2.71. The number of carbonyl (C=O) groups excluding carboxylic acids is 1. The number of anilines is 2. The van der Waals surface area contributed by atoms with Gasteiger partial charge in [-0.15, -0.1) is 11.8 Å². The van der Waals surface area contributed by atoms with Crippen molar-refractivity contribution in [2.24, 2.45) is 0 Å². The average Bonchev–Trinajstić information content (AvgIpc) is 2.59. The number of carbonyl (C=O) groups is 1. The van der Waals surface area contributed by atoms with Gasteiger partial charge in [-0.05, 0) is 30.3 Å². The van der Waals surface area contributed by atoms with Gasteiger partial charge < -0.3 is 4.90 Å². The van der Waals surface area contributed by atoms with E-state index < -0.39 is 27.5 Å². The topological polar surface area (TPSA) is 66.5 Å². The van der Waals surface area contributed by atoms with Crippen LogP contribution in [-0.4, -0.2) is 26.6 Å². The van der Waals surface area contributed by atoms with E-state index in [9.17, 15) is 26.4 Å². The van der Waals surface area contributed by atoms with Gasteiger partial charge in [0.05, 0.1) is 21.8 Å². The van der Waals surface area contributed by atoms with Crippen LogP contribution in [0.5, 0.6) is 0 Å². The van der Waals surface area contributed by atoms with E-state index in [1.165, 1.54) is 47.9 Å². The van der Waals surface area contributed by atoms with Crippen molar-refractivity contribution < 1.29 is 26.4 Å². The molecular weight excluding hydrogens is 401 g/mol. The summed E-state index contributed by atoms with van der Waals surface area (Å²) in [6, 6.07) is 8.53. The summed E-state index contributed by atoms with van der Waals surface area (Å²) in [5.74, 6) is 0.442. The molecule has 1 aliphatic rings. The first-order valence-electron chi connectivity index (χ1n) is 7.83. The van der Waals surface area contributed by atoms with E-state index in [1.54, 1.807) is 6.07 Å². The van der Waals surface area contributed by atoms with Crippen molar-refractivity contribution in [1.29, 1.82) is 0 Å². The summed E-state index contributed by atoms with van der Waals surface area (Å²) in [5.41, 5.74) is -1.20. The maximum Gasteiger partial charge on any atom is 0.418 e. The molecule has 0 spiro atoms. The molecule has 1 aliphatic heterocycles. The Morgan fingerprint density at radius 3 is 2.56 bits per heavy atom. The molecule has 0 fully saturated rings. The van der Waals surface area contributed by atoms with E-state index in [1.807, 2.05) is 4.72 Å². The molecule has 1 amide bonds. The molecule has 0 saturated carbocycles. The van der Waals surface area contributed by atoms with Crippen molar-refractivity contribution in [1.82, 2.24) is 0 Å². The summed E-state index contributed by atoms with van der Waals surface area (Å²) in [6.45, 7) is 1.81. The molecule has 0 bridgehead atoms. The lowest BCUT2D eigenvalue weighted by Gasteiger charge is -2.28.